The fourth-order valence-corrected chi connectivity index (χ4v) is 3.23. The monoisotopic (exact) mass is 388 g/mol. The molecule has 0 aliphatic carbocycles. The van der Waals surface area contributed by atoms with Gasteiger partial charge in [0.25, 0.3) is 5.91 Å². The highest BCUT2D eigenvalue weighted by Crippen LogP contribution is 2.30. The highest BCUT2D eigenvalue weighted by Gasteiger charge is 2.20. The lowest BCUT2D eigenvalue weighted by molar-refractivity contribution is 0.0936. The first-order valence-electron chi connectivity index (χ1n) is 8.91. The molecule has 1 aromatic carbocycles. The van der Waals surface area contributed by atoms with Crippen molar-refractivity contribution in [3.8, 4) is 11.5 Å². The van der Waals surface area contributed by atoms with Crippen molar-refractivity contribution in [1.82, 2.24) is 16.0 Å². The fourth-order valence-electron chi connectivity index (χ4n) is 2.59. The van der Waals surface area contributed by atoms with E-state index >= 15 is 0 Å². The number of benzene rings is 1. The number of hydrogen-bond donors (Lipinski definition) is 3. The molecule has 1 unspecified atom stereocenters. The van der Waals surface area contributed by atoms with Crippen molar-refractivity contribution in [3.05, 3.63) is 46.7 Å². The third-order valence-corrected chi connectivity index (χ3v) is 4.83. The summed E-state index contributed by atoms with van der Waals surface area (Å²) in [5.74, 6) is 2.21. The predicted octanol–water partition coefficient (Wildman–Crippen LogP) is 1.87. The number of nitrogens with one attached hydrogen (secondary N) is 3. The van der Waals surface area contributed by atoms with Crippen LogP contribution in [0.3, 0.4) is 0 Å². The van der Waals surface area contributed by atoms with Gasteiger partial charge < -0.3 is 25.4 Å². The molecule has 7 nitrogen and oxygen atoms in total. The van der Waals surface area contributed by atoms with Crippen LogP contribution in [0, 0.1) is 0 Å². The van der Waals surface area contributed by atoms with Crippen molar-refractivity contribution >= 4 is 23.2 Å². The summed E-state index contributed by atoms with van der Waals surface area (Å²) in [6.45, 7) is 2.39. The third kappa shape index (κ3) is 5.62. The van der Waals surface area contributed by atoms with E-state index in [0.29, 0.717) is 32.2 Å². The van der Waals surface area contributed by atoms with Crippen LogP contribution in [-0.2, 0) is 0 Å². The zero-order valence-electron chi connectivity index (χ0n) is 15.2. The van der Waals surface area contributed by atoms with E-state index in [1.165, 1.54) is 11.3 Å². The average Bonchev–Trinajstić information content (AvgIpc) is 3.24. The van der Waals surface area contributed by atoms with E-state index in [1.807, 2.05) is 41.8 Å². The summed E-state index contributed by atoms with van der Waals surface area (Å²) >= 11 is 1.44. The van der Waals surface area contributed by atoms with E-state index in [0.717, 1.165) is 22.8 Å². The van der Waals surface area contributed by atoms with Crippen molar-refractivity contribution in [3.63, 3.8) is 0 Å². The number of fused-ring (bicyclic) bond motifs is 1. The fraction of sp³-hybridized carbons (Fsp3) is 0.368. The second-order valence-corrected chi connectivity index (χ2v) is 6.91. The van der Waals surface area contributed by atoms with Crippen LogP contribution in [0.25, 0.3) is 0 Å². The molecule has 2 heterocycles. The number of para-hydroxylation sites is 2. The first kappa shape index (κ1) is 19.0. The molecule has 0 bridgehead atoms. The van der Waals surface area contributed by atoms with Gasteiger partial charge >= 0.3 is 0 Å². The Kier molecular flexibility index (Phi) is 6.92. The standard InChI is InChI=1S/C19H24N4O3S/c1-20-19(22-10-5-9-21-18(24)17-8-4-11-27-17)23-12-14-13-25-15-6-2-3-7-16(15)26-14/h2-4,6-8,11,14H,5,9-10,12-13H2,1H3,(H,21,24)(H2,20,22,23). The molecule has 8 heteroatoms. The van der Waals surface area contributed by atoms with Crippen LogP contribution in [0.2, 0.25) is 0 Å². The van der Waals surface area contributed by atoms with E-state index < -0.39 is 0 Å². The maximum absolute atomic E-state index is 11.8. The molecule has 0 spiro atoms. The van der Waals surface area contributed by atoms with Gasteiger partial charge in [0.05, 0.1) is 11.4 Å². The molecule has 0 saturated carbocycles. The molecule has 144 valence electrons. The lowest BCUT2D eigenvalue weighted by atomic mass is 10.2. The van der Waals surface area contributed by atoms with Crippen molar-refractivity contribution in [1.29, 1.82) is 0 Å². The molecular weight excluding hydrogens is 364 g/mol. The number of nitrogens with zero attached hydrogens (tertiary/aromatic N) is 1. The van der Waals surface area contributed by atoms with Crippen LogP contribution in [0.15, 0.2) is 46.8 Å². The number of aliphatic imine (C=N–C) groups is 1. The molecule has 3 N–H and O–H groups in total. The zero-order chi connectivity index (χ0) is 18.9. The summed E-state index contributed by atoms with van der Waals surface area (Å²) in [4.78, 5) is 16.8. The Labute approximate surface area is 162 Å². The number of thiophene rings is 1. The van der Waals surface area contributed by atoms with Gasteiger partial charge in [-0.1, -0.05) is 18.2 Å². The Morgan fingerprint density at radius 3 is 2.74 bits per heavy atom. The van der Waals surface area contributed by atoms with E-state index in [1.54, 1.807) is 7.05 Å². The van der Waals surface area contributed by atoms with Crippen LogP contribution in [0.4, 0.5) is 0 Å². The predicted molar refractivity (Wildman–Crippen MR) is 107 cm³/mol. The highest BCUT2D eigenvalue weighted by atomic mass is 32.1. The van der Waals surface area contributed by atoms with Gasteiger partial charge in [-0.25, -0.2) is 0 Å². The number of carbonyl (C=O) groups is 1. The van der Waals surface area contributed by atoms with Crippen molar-refractivity contribution < 1.29 is 14.3 Å². The van der Waals surface area contributed by atoms with Crippen molar-refractivity contribution in [2.45, 2.75) is 12.5 Å². The Bertz CT molecular complexity index is 764. The second kappa shape index (κ2) is 9.82. The van der Waals surface area contributed by atoms with Crippen LogP contribution >= 0.6 is 11.3 Å². The van der Waals surface area contributed by atoms with Gasteiger partial charge in [0, 0.05) is 20.1 Å². The average molecular weight is 388 g/mol. The summed E-state index contributed by atoms with van der Waals surface area (Å²) in [7, 11) is 1.72. The van der Waals surface area contributed by atoms with E-state index in [4.69, 9.17) is 9.47 Å². The van der Waals surface area contributed by atoms with Gasteiger partial charge in [0.15, 0.2) is 17.5 Å². The number of hydrogen-bond acceptors (Lipinski definition) is 5. The van der Waals surface area contributed by atoms with E-state index in [-0.39, 0.29) is 12.0 Å². The summed E-state index contributed by atoms with van der Waals surface area (Å²) in [6.07, 6.45) is 0.720. The van der Waals surface area contributed by atoms with Crippen LogP contribution in [-0.4, -0.2) is 51.3 Å². The molecule has 1 aliphatic heterocycles. The first-order chi connectivity index (χ1) is 13.3. The Morgan fingerprint density at radius 1 is 1.15 bits per heavy atom. The summed E-state index contributed by atoms with van der Waals surface area (Å²) in [5, 5.41) is 11.3. The van der Waals surface area contributed by atoms with Gasteiger partial charge in [-0.2, -0.15) is 0 Å². The van der Waals surface area contributed by atoms with Gasteiger partial charge in [-0.05, 0) is 30.0 Å². The minimum atomic E-state index is -0.0801. The quantitative estimate of drug-likeness (QED) is 0.383. The Hall–Kier alpha value is -2.74. The molecule has 1 aromatic heterocycles. The van der Waals surface area contributed by atoms with E-state index in [9.17, 15) is 4.79 Å². The maximum Gasteiger partial charge on any atom is 0.261 e. The lowest BCUT2D eigenvalue weighted by Crippen LogP contribution is -2.45. The first-order valence-corrected chi connectivity index (χ1v) is 9.79. The number of ether oxygens (including phenoxy) is 2. The molecule has 1 atom stereocenters. The van der Waals surface area contributed by atoms with Crippen LogP contribution in [0.5, 0.6) is 11.5 Å². The van der Waals surface area contributed by atoms with E-state index in [2.05, 4.69) is 20.9 Å². The molecular formula is C19H24N4O3S. The molecule has 1 aliphatic rings. The molecule has 3 rings (SSSR count). The third-order valence-electron chi connectivity index (χ3n) is 3.96. The molecule has 1 amide bonds. The van der Waals surface area contributed by atoms with Crippen LogP contribution in [0.1, 0.15) is 16.1 Å². The Balaban J connectivity index is 1.31. The zero-order valence-corrected chi connectivity index (χ0v) is 16.1. The number of amides is 1. The number of carbonyl (C=O) groups excluding carboxylic acids is 1. The lowest BCUT2D eigenvalue weighted by Gasteiger charge is -2.27. The van der Waals surface area contributed by atoms with Crippen molar-refractivity contribution in [2.24, 2.45) is 4.99 Å². The summed E-state index contributed by atoms with van der Waals surface area (Å²) in [5.41, 5.74) is 0. The SMILES string of the molecule is CN=C(NCCCNC(=O)c1cccs1)NCC1COc2ccccc2O1. The minimum Gasteiger partial charge on any atom is -0.486 e. The number of guanidine groups is 1. The molecule has 27 heavy (non-hydrogen) atoms. The number of rotatable bonds is 7. The topological polar surface area (TPSA) is 84.0 Å². The summed E-state index contributed by atoms with van der Waals surface area (Å²) < 4.78 is 11.6. The molecule has 0 radical (unpaired) electrons. The van der Waals surface area contributed by atoms with Gasteiger partial charge in [-0.3, -0.25) is 9.79 Å². The maximum atomic E-state index is 11.8. The van der Waals surface area contributed by atoms with Crippen LogP contribution < -0.4 is 25.4 Å². The van der Waals surface area contributed by atoms with Crippen molar-refractivity contribution in [2.75, 3.05) is 33.3 Å². The molecule has 2 aromatic rings. The van der Waals surface area contributed by atoms with Gasteiger partial charge in [0.1, 0.15) is 12.7 Å². The van der Waals surface area contributed by atoms with Gasteiger partial charge in [0.2, 0.25) is 0 Å². The molecule has 0 saturated heterocycles. The summed E-state index contributed by atoms with van der Waals surface area (Å²) in [6, 6.07) is 11.3. The highest BCUT2D eigenvalue weighted by molar-refractivity contribution is 7.12. The Morgan fingerprint density at radius 2 is 1.96 bits per heavy atom. The smallest absolute Gasteiger partial charge is 0.261 e. The molecule has 0 fully saturated rings. The largest absolute Gasteiger partial charge is 0.486 e. The normalized spacial score (nSPS) is 15.9. The van der Waals surface area contributed by atoms with Gasteiger partial charge in [-0.15, -0.1) is 11.3 Å². The second-order valence-electron chi connectivity index (χ2n) is 5.96. The minimum absolute atomic E-state index is 0.0257.